The molecule has 0 fully saturated rings. The first-order valence-corrected chi connectivity index (χ1v) is 5.02. The first-order valence-electron chi connectivity index (χ1n) is 5.02. The summed E-state index contributed by atoms with van der Waals surface area (Å²) in [6.07, 6.45) is 6.24. The maximum absolute atomic E-state index is 8.73. The molecule has 0 aliphatic heterocycles. The molecule has 1 nitrogen and oxygen atoms in total. The summed E-state index contributed by atoms with van der Waals surface area (Å²) in [4.78, 5) is 0. The van der Waals surface area contributed by atoms with E-state index in [1.807, 2.05) is 6.92 Å². The molecule has 1 heteroatoms. The summed E-state index contributed by atoms with van der Waals surface area (Å²) in [5, 5.41) is 8.73. The zero-order chi connectivity index (χ0) is 10.3. The maximum atomic E-state index is 8.73. The van der Waals surface area contributed by atoms with E-state index in [1.54, 1.807) is 0 Å². The number of hydrogen-bond acceptors (Lipinski definition) is 1. The lowest BCUT2D eigenvalue weighted by molar-refractivity contribution is 0.268. The Balaban J connectivity index is 4.01. The third kappa shape index (κ3) is 6.59. The zero-order valence-electron chi connectivity index (χ0n) is 9.09. The van der Waals surface area contributed by atoms with Gasteiger partial charge in [-0.3, -0.25) is 0 Å². The highest BCUT2D eigenvalue weighted by Gasteiger charge is 2.08. The molecule has 0 saturated heterocycles. The largest absolute Gasteiger partial charge is 0.396 e. The van der Waals surface area contributed by atoms with Crippen molar-refractivity contribution >= 4 is 0 Å². The predicted molar refractivity (Wildman–Crippen MR) is 58.6 cm³/mol. The molecule has 0 aromatic carbocycles. The SMILES string of the molecule is C=C(C)/C=C/[C@@H](CCCO)C(C)C. The van der Waals surface area contributed by atoms with Gasteiger partial charge in [0, 0.05) is 6.61 Å². The van der Waals surface area contributed by atoms with Gasteiger partial charge in [-0.25, -0.2) is 0 Å². The Bertz CT molecular complexity index is 168. The molecule has 0 heterocycles. The smallest absolute Gasteiger partial charge is 0.0431 e. The van der Waals surface area contributed by atoms with Crippen LogP contribution in [0.3, 0.4) is 0 Å². The van der Waals surface area contributed by atoms with Crippen molar-refractivity contribution in [1.29, 1.82) is 0 Å². The molecule has 0 unspecified atom stereocenters. The maximum Gasteiger partial charge on any atom is 0.0431 e. The lowest BCUT2D eigenvalue weighted by Crippen LogP contribution is -2.06. The van der Waals surface area contributed by atoms with Crippen LogP contribution in [0.1, 0.15) is 33.6 Å². The van der Waals surface area contributed by atoms with Crippen molar-refractivity contribution in [2.24, 2.45) is 11.8 Å². The van der Waals surface area contributed by atoms with Gasteiger partial charge in [0.1, 0.15) is 0 Å². The van der Waals surface area contributed by atoms with Crippen LogP contribution < -0.4 is 0 Å². The Kier molecular flexibility index (Phi) is 6.61. The van der Waals surface area contributed by atoms with Crippen LogP contribution in [0.4, 0.5) is 0 Å². The fraction of sp³-hybridized carbons (Fsp3) is 0.667. The van der Waals surface area contributed by atoms with E-state index in [1.165, 1.54) is 0 Å². The second kappa shape index (κ2) is 6.90. The monoisotopic (exact) mass is 182 g/mol. The van der Waals surface area contributed by atoms with Crippen LogP contribution in [0.5, 0.6) is 0 Å². The van der Waals surface area contributed by atoms with Crippen molar-refractivity contribution in [2.45, 2.75) is 33.6 Å². The molecule has 0 amide bonds. The van der Waals surface area contributed by atoms with E-state index in [4.69, 9.17) is 5.11 Å². The number of aliphatic hydroxyl groups excluding tert-OH is 1. The van der Waals surface area contributed by atoms with E-state index in [9.17, 15) is 0 Å². The Morgan fingerprint density at radius 3 is 2.46 bits per heavy atom. The number of allylic oxidation sites excluding steroid dienone is 3. The Morgan fingerprint density at radius 1 is 1.46 bits per heavy atom. The molecular weight excluding hydrogens is 160 g/mol. The molecule has 1 N–H and O–H groups in total. The lowest BCUT2D eigenvalue weighted by atomic mass is 9.90. The van der Waals surface area contributed by atoms with Gasteiger partial charge in [-0.15, -0.1) is 0 Å². The fourth-order valence-corrected chi connectivity index (χ4v) is 1.27. The Morgan fingerprint density at radius 2 is 2.08 bits per heavy atom. The first-order chi connectivity index (χ1) is 6.07. The molecule has 0 aliphatic carbocycles. The summed E-state index contributed by atoms with van der Waals surface area (Å²) >= 11 is 0. The van der Waals surface area contributed by atoms with E-state index in [0.29, 0.717) is 18.4 Å². The molecule has 0 radical (unpaired) electrons. The Labute approximate surface area is 82.2 Å². The predicted octanol–water partition coefficient (Wildman–Crippen LogP) is 3.16. The quantitative estimate of drug-likeness (QED) is 0.626. The van der Waals surface area contributed by atoms with Crippen molar-refractivity contribution in [3.8, 4) is 0 Å². The molecule has 0 spiro atoms. The fourth-order valence-electron chi connectivity index (χ4n) is 1.27. The van der Waals surface area contributed by atoms with E-state index in [2.05, 4.69) is 32.6 Å². The van der Waals surface area contributed by atoms with E-state index >= 15 is 0 Å². The van der Waals surface area contributed by atoms with Crippen molar-refractivity contribution in [3.05, 3.63) is 24.3 Å². The average molecular weight is 182 g/mol. The van der Waals surface area contributed by atoms with Crippen LogP contribution in [-0.2, 0) is 0 Å². The summed E-state index contributed by atoms with van der Waals surface area (Å²) in [5.41, 5.74) is 1.09. The lowest BCUT2D eigenvalue weighted by Gasteiger charge is -2.16. The summed E-state index contributed by atoms with van der Waals surface area (Å²) in [6.45, 7) is 10.6. The van der Waals surface area contributed by atoms with Crippen LogP contribution in [0.25, 0.3) is 0 Å². The molecule has 0 saturated carbocycles. The van der Waals surface area contributed by atoms with Gasteiger partial charge < -0.3 is 5.11 Å². The molecule has 76 valence electrons. The van der Waals surface area contributed by atoms with Gasteiger partial charge in [0.2, 0.25) is 0 Å². The minimum atomic E-state index is 0.296. The van der Waals surface area contributed by atoms with Crippen LogP contribution in [0, 0.1) is 11.8 Å². The average Bonchev–Trinajstić information content (AvgIpc) is 2.03. The molecular formula is C12H22O. The summed E-state index contributed by atoms with van der Waals surface area (Å²) in [5.74, 6) is 1.21. The van der Waals surface area contributed by atoms with Crippen molar-refractivity contribution < 1.29 is 5.11 Å². The summed E-state index contributed by atoms with van der Waals surface area (Å²) in [7, 11) is 0. The van der Waals surface area contributed by atoms with Gasteiger partial charge >= 0.3 is 0 Å². The highest BCUT2D eigenvalue weighted by molar-refractivity contribution is 5.12. The van der Waals surface area contributed by atoms with Crippen LogP contribution >= 0.6 is 0 Å². The van der Waals surface area contributed by atoms with E-state index < -0.39 is 0 Å². The third-order valence-electron chi connectivity index (χ3n) is 2.18. The molecule has 0 rings (SSSR count). The van der Waals surface area contributed by atoms with Gasteiger partial charge in [-0.2, -0.15) is 0 Å². The minimum Gasteiger partial charge on any atom is -0.396 e. The minimum absolute atomic E-state index is 0.296. The van der Waals surface area contributed by atoms with Gasteiger partial charge in [-0.1, -0.05) is 38.2 Å². The van der Waals surface area contributed by atoms with Crippen LogP contribution in [0.2, 0.25) is 0 Å². The summed E-state index contributed by atoms with van der Waals surface area (Å²) < 4.78 is 0. The molecule has 0 bridgehead atoms. The number of rotatable bonds is 6. The normalized spacial score (nSPS) is 13.9. The number of aliphatic hydroxyl groups is 1. The van der Waals surface area contributed by atoms with Gasteiger partial charge in [0.25, 0.3) is 0 Å². The highest BCUT2D eigenvalue weighted by Crippen LogP contribution is 2.18. The second-order valence-electron chi connectivity index (χ2n) is 3.98. The van der Waals surface area contributed by atoms with Crippen LogP contribution in [0.15, 0.2) is 24.3 Å². The molecule has 0 aromatic rings. The van der Waals surface area contributed by atoms with Crippen molar-refractivity contribution in [3.63, 3.8) is 0 Å². The Hall–Kier alpha value is -0.560. The number of hydrogen-bond donors (Lipinski definition) is 1. The van der Waals surface area contributed by atoms with Crippen molar-refractivity contribution in [1.82, 2.24) is 0 Å². The van der Waals surface area contributed by atoms with Gasteiger partial charge in [0.15, 0.2) is 0 Å². The van der Waals surface area contributed by atoms with Gasteiger partial charge in [0.05, 0.1) is 0 Å². The molecule has 0 aromatic heterocycles. The first kappa shape index (κ1) is 12.4. The standard InChI is InChI=1S/C12H22O/c1-10(2)7-8-12(11(3)4)6-5-9-13/h7-8,11-13H,1,5-6,9H2,2-4H3/b8-7+/t12-/m1/s1. The van der Waals surface area contributed by atoms with Crippen molar-refractivity contribution in [2.75, 3.05) is 6.61 Å². The zero-order valence-corrected chi connectivity index (χ0v) is 9.09. The van der Waals surface area contributed by atoms with E-state index in [0.717, 1.165) is 18.4 Å². The topological polar surface area (TPSA) is 20.2 Å². The molecule has 0 aliphatic rings. The third-order valence-corrected chi connectivity index (χ3v) is 2.18. The molecule has 13 heavy (non-hydrogen) atoms. The highest BCUT2D eigenvalue weighted by atomic mass is 16.2. The molecule has 1 atom stereocenters. The second-order valence-corrected chi connectivity index (χ2v) is 3.98. The van der Waals surface area contributed by atoms with E-state index in [-0.39, 0.29) is 0 Å². The van der Waals surface area contributed by atoms with Crippen LogP contribution in [-0.4, -0.2) is 11.7 Å². The summed E-state index contributed by atoms with van der Waals surface area (Å²) in [6, 6.07) is 0. The van der Waals surface area contributed by atoms with Gasteiger partial charge in [-0.05, 0) is 31.6 Å².